The lowest BCUT2D eigenvalue weighted by Gasteiger charge is -2.33. The summed E-state index contributed by atoms with van der Waals surface area (Å²) in [6.07, 6.45) is 6.00. The summed E-state index contributed by atoms with van der Waals surface area (Å²) in [5, 5.41) is 7.62. The van der Waals surface area contributed by atoms with Gasteiger partial charge in [0.15, 0.2) is 0 Å². The van der Waals surface area contributed by atoms with Crippen molar-refractivity contribution in [2.24, 2.45) is 5.92 Å². The number of hydrogen-bond donors (Lipinski definition) is 0. The molecular formula is C36H26O. The van der Waals surface area contributed by atoms with Crippen molar-refractivity contribution >= 4 is 43.9 Å². The molecule has 1 aromatic heterocycles. The van der Waals surface area contributed by atoms with Crippen LogP contribution in [-0.2, 0) is 0 Å². The van der Waals surface area contributed by atoms with Crippen molar-refractivity contribution in [2.75, 3.05) is 0 Å². The van der Waals surface area contributed by atoms with Gasteiger partial charge in [0.05, 0.1) is 0 Å². The van der Waals surface area contributed by atoms with Crippen LogP contribution >= 0.6 is 0 Å². The van der Waals surface area contributed by atoms with E-state index in [1.807, 2.05) is 0 Å². The molecule has 1 heterocycles. The number of benzene rings is 5. The van der Waals surface area contributed by atoms with Crippen molar-refractivity contribution < 1.29 is 4.42 Å². The topological polar surface area (TPSA) is 13.1 Å². The molecule has 8 rings (SSSR count). The summed E-state index contributed by atoms with van der Waals surface area (Å²) in [5.74, 6) is 0.351. The van der Waals surface area contributed by atoms with Crippen molar-refractivity contribution in [3.05, 3.63) is 142 Å². The monoisotopic (exact) mass is 474 g/mol. The molecule has 0 saturated heterocycles. The second-order valence-corrected chi connectivity index (χ2v) is 10.3. The van der Waals surface area contributed by atoms with Crippen LogP contribution in [0.1, 0.15) is 30.4 Å². The highest BCUT2D eigenvalue weighted by Crippen LogP contribution is 2.44. The lowest BCUT2D eigenvalue weighted by molar-refractivity contribution is 0.617. The van der Waals surface area contributed by atoms with E-state index >= 15 is 0 Å². The molecule has 2 aliphatic rings. The van der Waals surface area contributed by atoms with E-state index in [1.54, 1.807) is 0 Å². The molecule has 5 aromatic carbocycles. The molecule has 0 aliphatic heterocycles. The van der Waals surface area contributed by atoms with Crippen LogP contribution in [0.15, 0.2) is 125 Å². The zero-order valence-electron chi connectivity index (χ0n) is 20.6. The van der Waals surface area contributed by atoms with Gasteiger partial charge in [-0.1, -0.05) is 103 Å². The van der Waals surface area contributed by atoms with Gasteiger partial charge in [0.25, 0.3) is 0 Å². The minimum atomic E-state index is 0.351. The summed E-state index contributed by atoms with van der Waals surface area (Å²) in [7, 11) is 0. The molecule has 0 N–H and O–H groups in total. The van der Waals surface area contributed by atoms with Crippen molar-refractivity contribution in [3.63, 3.8) is 0 Å². The quantitative estimate of drug-likeness (QED) is 0.249. The maximum atomic E-state index is 6.54. The highest BCUT2D eigenvalue weighted by atomic mass is 16.3. The molecule has 37 heavy (non-hydrogen) atoms. The molecule has 1 heteroatoms. The van der Waals surface area contributed by atoms with Crippen molar-refractivity contribution in [2.45, 2.75) is 19.3 Å². The van der Waals surface area contributed by atoms with E-state index in [0.717, 1.165) is 24.0 Å². The number of hydrogen-bond acceptors (Lipinski definition) is 1. The van der Waals surface area contributed by atoms with Gasteiger partial charge in [-0.25, -0.2) is 0 Å². The normalized spacial score (nSPS) is 17.2. The van der Waals surface area contributed by atoms with E-state index in [0.29, 0.717) is 5.92 Å². The Labute approximate surface area is 215 Å². The summed E-state index contributed by atoms with van der Waals surface area (Å²) in [4.78, 5) is 0. The minimum absolute atomic E-state index is 0.351. The van der Waals surface area contributed by atoms with Gasteiger partial charge in [-0.15, -0.1) is 0 Å². The van der Waals surface area contributed by atoms with Gasteiger partial charge in [-0.3, -0.25) is 0 Å². The minimum Gasteiger partial charge on any atom is -0.455 e. The molecule has 0 radical (unpaired) electrons. The second-order valence-electron chi connectivity index (χ2n) is 10.3. The van der Waals surface area contributed by atoms with E-state index in [2.05, 4.69) is 115 Å². The first-order valence-electron chi connectivity index (χ1n) is 13.3. The number of fused-ring (bicyclic) bond motifs is 6. The maximum absolute atomic E-state index is 6.54. The van der Waals surface area contributed by atoms with Crippen molar-refractivity contribution in [1.82, 2.24) is 0 Å². The molecule has 1 nitrogen and oxygen atoms in total. The molecule has 0 fully saturated rings. The van der Waals surface area contributed by atoms with Gasteiger partial charge in [-0.2, -0.15) is 0 Å². The molecule has 0 bridgehead atoms. The average Bonchev–Trinajstić information content (AvgIpc) is 3.35. The highest BCUT2D eigenvalue weighted by molar-refractivity contribution is 6.08. The van der Waals surface area contributed by atoms with E-state index < -0.39 is 0 Å². The highest BCUT2D eigenvalue weighted by Gasteiger charge is 2.31. The summed E-state index contributed by atoms with van der Waals surface area (Å²) in [6.45, 7) is 0. The Hall–Kier alpha value is -4.36. The lowest BCUT2D eigenvalue weighted by atomic mass is 9.71. The fraction of sp³-hybridized carbons (Fsp3) is 0.111. The number of furan rings is 1. The first-order chi connectivity index (χ1) is 18.4. The van der Waals surface area contributed by atoms with Gasteiger partial charge < -0.3 is 4.42 Å². The van der Waals surface area contributed by atoms with Crippen LogP contribution in [0.25, 0.3) is 43.9 Å². The summed E-state index contributed by atoms with van der Waals surface area (Å²) in [5.41, 5.74) is 8.79. The standard InChI is InChI=1S/C36H26O/c1-2-11-24-22-25(21-20-23(24)10-1)34-27-13-3-5-15-29(27)35(30-16-6-4-14-28(30)34)32-18-9-17-31-26-12-7-8-19-33(26)37-36(31)32/h1-3,5,7-15,17-22,30H,4,6,16H2. The Morgan fingerprint density at radius 3 is 2.38 bits per heavy atom. The van der Waals surface area contributed by atoms with E-state index in [4.69, 9.17) is 4.42 Å². The number of rotatable bonds is 2. The van der Waals surface area contributed by atoms with Crippen LogP contribution in [0.4, 0.5) is 0 Å². The Balaban J connectivity index is 1.51. The Morgan fingerprint density at radius 2 is 1.43 bits per heavy atom. The van der Waals surface area contributed by atoms with Gasteiger partial charge in [-0.05, 0) is 74.9 Å². The van der Waals surface area contributed by atoms with Gasteiger partial charge >= 0.3 is 0 Å². The van der Waals surface area contributed by atoms with Crippen LogP contribution in [0.3, 0.4) is 0 Å². The van der Waals surface area contributed by atoms with Crippen molar-refractivity contribution in [1.29, 1.82) is 0 Å². The van der Waals surface area contributed by atoms with Crippen LogP contribution in [0, 0.1) is 5.92 Å². The van der Waals surface area contributed by atoms with Crippen LogP contribution in [-0.4, -0.2) is 0 Å². The third-order valence-corrected chi connectivity index (χ3v) is 8.29. The summed E-state index contributed by atoms with van der Waals surface area (Å²) < 4.78 is 6.54. The molecule has 0 spiro atoms. The SMILES string of the molecule is C1=C2C(c3ccc4ccccc4c3)=c3ccccc3=C(c3cccc4c3oc3ccccc34)C2CCC1. The Morgan fingerprint density at radius 1 is 0.649 bits per heavy atom. The fourth-order valence-electron chi connectivity index (χ4n) is 6.69. The van der Waals surface area contributed by atoms with E-state index in [1.165, 1.54) is 66.2 Å². The van der Waals surface area contributed by atoms with Crippen LogP contribution in [0.2, 0.25) is 0 Å². The maximum Gasteiger partial charge on any atom is 0.142 e. The Bertz CT molecular complexity index is 2020. The van der Waals surface area contributed by atoms with E-state index in [-0.39, 0.29) is 0 Å². The van der Waals surface area contributed by atoms with Gasteiger partial charge in [0.2, 0.25) is 0 Å². The molecule has 0 saturated carbocycles. The zero-order chi connectivity index (χ0) is 24.3. The predicted molar refractivity (Wildman–Crippen MR) is 154 cm³/mol. The molecule has 0 amide bonds. The molecule has 1 unspecified atom stereocenters. The smallest absolute Gasteiger partial charge is 0.142 e. The average molecular weight is 475 g/mol. The summed E-state index contributed by atoms with van der Waals surface area (Å²) in [6, 6.07) is 39.7. The molecule has 6 aromatic rings. The van der Waals surface area contributed by atoms with Gasteiger partial charge in [0, 0.05) is 22.3 Å². The molecule has 176 valence electrons. The number of para-hydroxylation sites is 2. The third kappa shape index (κ3) is 3.10. The second kappa shape index (κ2) is 8.08. The Kier molecular flexibility index (Phi) is 4.54. The largest absolute Gasteiger partial charge is 0.455 e. The fourth-order valence-corrected chi connectivity index (χ4v) is 6.69. The van der Waals surface area contributed by atoms with Crippen LogP contribution < -0.4 is 10.4 Å². The molecule has 2 aliphatic carbocycles. The summed E-state index contributed by atoms with van der Waals surface area (Å²) >= 11 is 0. The van der Waals surface area contributed by atoms with Crippen molar-refractivity contribution in [3.8, 4) is 0 Å². The lowest BCUT2D eigenvalue weighted by Crippen LogP contribution is -2.38. The van der Waals surface area contributed by atoms with Crippen LogP contribution in [0.5, 0.6) is 0 Å². The van der Waals surface area contributed by atoms with E-state index in [9.17, 15) is 0 Å². The zero-order valence-corrected chi connectivity index (χ0v) is 20.6. The molecular weight excluding hydrogens is 448 g/mol. The first kappa shape index (κ1) is 20.8. The predicted octanol–water partition coefficient (Wildman–Crippen LogP) is 7.88. The number of allylic oxidation sites excluding steroid dienone is 2. The molecule has 1 atom stereocenters. The third-order valence-electron chi connectivity index (χ3n) is 8.29. The first-order valence-corrected chi connectivity index (χ1v) is 13.3. The van der Waals surface area contributed by atoms with Gasteiger partial charge in [0.1, 0.15) is 11.2 Å².